The highest BCUT2D eigenvalue weighted by molar-refractivity contribution is 5.92. The van der Waals surface area contributed by atoms with Gasteiger partial charge in [0.1, 0.15) is 11.3 Å². The lowest BCUT2D eigenvalue weighted by Crippen LogP contribution is -2.10. The molecule has 1 aromatic heterocycles. The van der Waals surface area contributed by atoms with Gasteiger partial charge in [0.15, 0.2) is 0 Å². The molecule has 0 saturated carbocycles. The van der Waals surface area contributed by atoms with Gasteiger partial charge in [0.25, 0.3) is 0 Å². The van der Waals surface area contributed by atoms with Crippen molar-refractivity contribution in [2.45, 2.75) is 20.3 Å². The molecule has 0 amide bonds. The molecule has 0 unspecified atom stereocenters. The Morgan fingerprint density at radius 3 is 2.57 bits per heavy atom. The lowest BCUT2D eigenvalue weighted by atomic mass is 10.1. The Morgan fingerprint density at radius 2 is 1.87 bits per heavy atom. The van der Waals surface area contributed by atoms with Crippen LogP contribution in [0.5, 0.6) is 5.75 Å². The van der Waals surface area contributed by atoms with Gasteiger partial charge >= 0.3 is 11.6 Å². The first-order chi connectivity index (χ1) is 11.1. The monoisotopic (exact) mass is 308 g/mol. The van der Waals surface area contributed by atoms with Crippen LogP contribution < -0.4 is 10.4 Å². The molecule has 0 radical (unpaired) electrons. The number of aryl methyl sites for hydroxylation is 2. The number of rotatable bonds is 3. The molecule has 0 fully saturated rings. The average molecular weight is 308 g/mol. The van der Waals surface area contributed by atoms with E-state index in [1.54, 1.807) is 30.3 Å². The number of carbonyl (C=O) groups excluding carboxylic acids is 1. The van der Waals surface area contributed by atoms with Crippen LogP contribution in [-0.2, 0) is 6.42 Å². The molecule has 0 saturated heterocycles. The van der Waals surface area contributed by atoms with Gasteiger partial charge in [-0.3, -0.25) is 0 Å². The third kappa shape index (κ3) is 3.01. The second-order valence-corrected chi connectivity index (χ2v) is 5.31. The largest absolute Gasteiger partial charge is 0.423 e. The van der Waals surface area contributed by atoms with Crippen molar-refractivity contribution in [3.05, 3.63) is 75.6 Å². The number of hydrogen-bond donors (Lipinski definition) is 0. The van der Waals surface area contributed by atoms with E-state index in [2.05, 4.69) is 0 Å². The number of hydrogen-bond acceptors (Lipinski definition) is 4. The Bertz CT molecular complexity index is 923. The van der Waals surface area contributed by atoms with Gasteiger partial charge in [-0.2, -0.15) is 0 Å². The molecule has 3 rings (SSSR count). The fraction of sp³-hybridized carbons (Fsp3) is 0.158. The second-order valence-electron chi connectivity index (χ2n) is 5.31. The molecule has 0 atom stereocenters. The van der Waals surface area contributed by atoms with E-state index < -0.39 is 11.6 Å². The maximum atomic E-state index is 12.2. The van der Waals surface area contributed by atoms with Gasteiger partial charge in [-0.15, -0.1) is 0 Å². The SMILES string of the molecule is CCc1cc2c(C)cc(=O)oc2cc1OC(=O)c1ccccc1. The maximum Gasteiger partial charge on any atom is 0.343 e. The highest BCUT2D eigenvalue weighted by Crippen LogP contribution is 2.28. The van der Waals surface area contributed by atoms with Crippen molar-refractivity contribution in [1.29, 1.82) is 0 Å². The molecule has 0 aliphatic carbocycles. The summed E-state index contributed by atoms with van der Waals surface area (Å²) in [4.78, 5) is 23.8. The van der Waals surface area contributed by atoms with Gasteiger partial charge in [-0.05, 0) is 42.7 Å². The van der Waals surface area contributed by atoms with Crippen LogP contribution in [0.3, 0.4) is 0 Å². The smallest absolute Gasteiger partial charge is 0.343 e. The summed E-state index contributed by atoms with van der Waals surface area (Å²) in [6, 6.07) is 13.8. The van der Waals surface area contributed by atoms with Crippen molar-refractivity contribution in [2.75, 3.05) is 0 Å². The van der Waals surface area contributed by atoms with E-state index >= 15 is 0 Å². The lowest BCUT2D eigenvalue weighted by molar-refractivity contribution is 0.0733. The number of esters is 1. The third-order valence-electron chi connectivity index (χ3n) is 3.73. The van der Waals surface area contributed by atoms with Gasteiger partial charge in [0.05, 0.1) is 5.56 Å². The third-order valence-corrected chi connectivity index (χ3v) is 3.73. The molecule has 116 valence electrons. The van der Waals surface area contributed by atoms with Gasteiger partial charge < -0.3 is 9.15 Å². The summed E-state index contributed by atoms with van der Waals surface area (Å²) in [5.74, 6) is -0.0164. The summed E-state index contributed by atoms with van der Waals surface area (Å²) in [5, 5.41) is 0.848. The molecule has 0 N–H and O–H groups in total. The van der Waals surface area contributed by atoms with Crippen molar-refractivity contribution in [3.63, 3.8) is 0 Å². The standard InChI is InChI=1S/C19H16O4/c1-3-13-10-15-12(2)9-18(20)22-17(15)11-16(13)23-19(21)14-7-5-4-6-8-14/h4-11H,3H2,1-2H3. The lowest BCUT2D eigenvalue weighted by Gasteiger charge is -2.11. The molecule has 23 heavy (non-hydrogen) atoms. The second kappa shape index (κ2) is 6.08. The van der Waals surface area contributed by atoms with Crippen molar-refractivity contribution in [2.24, 2.45) is 0 Å². The van der Waals surface area contributed by atoms with Gasteiger partial charge in [-0.25, -0.2) is 9.59 Å². The molecule has 4 nitrogen and oxygen atoms in total. The maximum absolute atomic E-state index is 12.2. The summed E-state index contributed by atoms with van der Waals surface area (Å²) >= 11 is 0. The summed E-state index contributed by atoms with van der Waals surface area (Å²) in [5.41, 5.74) is 2.20. The van der Waals surface area contributed by atoms with E-state index in [1.807, 2.05) is 26.0 Å². The van der Waals surface area contributed by atoms with Crippen LogP contribution in [0.2, 0.25) is 0 Å². The predicted octanol–water partition coefficient (Wildman–Crippen LogP) is 3.88. The first-order valence-corrected chi connectivity index (χ1v) is 7.43. The van der Waals surface area contributed by atoms with Crippen LogP contribution in [-0.4, -0.2) is 5.97 Å². The number of benzene rings is 2. The molecular weight excluding hydrogens is 292 g/mol. The highest BCUT2D eigenvalue weighted by Gasteiger charge is 2.14. The molecule has 0 spiro atoms. The molecular formula is C19H16O4. The molecule has 3 aromatic rings. The van der Waals surface area contributed by atoms with Crippen molar-refractivity contribution in [1.82, 2.24) is 0 Å². The summed E-state index contributed by atoms with van der Waals surface area (Å²) in [6.07, 6.45) is 0.700. The van der Waals surface area contributed by atoms with Crippen LogP contribution in [0.15, 0.2) is 57.7 Å². The Balaban J connectivity index is 2.06. The van der Waals surface area contributed by atoms with E-state index in [-0.39, 0.29) is 0 Å². The number of ether oxygens (including phenoxy) is 1. The van der Waals surface area contributed by atoms with Crippen molar-refractivity contribution < 1.29 is 13.9 Å². The fourth-order valence-corrected chi connectivity index (χ4v) is 2.50. The van der Waals surface area contributed by atoms with E-state index in [1.165, 1.54) is 6.07 Å². The normalized spacial score (nSPS) is 10.7. The van der Waals surface area contributed by atoms with Crippen LogP contribution in [0.4, 0.5) is 0 Å². The zero-order valence-corrected chi connectivity index (χ0v) is 13.0. The predicted molar refractivity (Wildman–Crippen MR) is 88.0 cm³/mol. The number of fused-ring (bicyclic) bond motifs is 1. The molecule has 2 aromatic carbocycles. The quantitative estimate of drug-likeness (QED) is 0.418. The van der Waals surface area contributed by atoms with Gasteiger partial charge in [0, 0.05) is 17.5 Å². The first-order valence-electron chi connectivity index (χ1n) is 7.43. The molecule has 0 bridgehead atoms. The highest BCUT2D eigenvalue weighted by atomic mass is 16.5. The van der Waals surface area contributed by atoms with Crippen molar-refractivity contribution in [3.8, 4) is 5.75 Å². The minimum Gasteiger partial charge on any atom is -0.423 e. The summed E-state index contributed by atoms with van der Waals surface area (Å²) in [6.45, 7) is 3.84. The van der Waals surface area contributed by atoms with Crippen LogP contribution >= 0.6 is 0 Å². The van der Waals surface area contributed by atoms with Crippen LogP contribution in [0, 0.1) is 6.92 Å². The summed E-state index contributed by atoms with van der Waals surface area (Å²) in [7, 11) is 0. The van der Waals surface area contributed by atoms with E-state index in [9.17, 15) is 9.59 Å². The zero-order valence-electron chi connectivity index (χ0n) is 13.0. The molecule has 0 aliphatic rings. The Kier molecular flexibility index (Phi) is 3.98. The topological polar surface area (TPSA) is 56.5 Å². The van der Waals surface area contributed by atoms with E-state index in [0.29, 0.717) is 23.3 Å². The van der Waals surface area contributed by atoms with E-state index in [0.717, 1.165) is 16.5 Å². The minimum atomic E-state index is -0.436. The Morgan fingerprint density at radius 1 is 1.13 bits per heavy atom. The van der Waals surface area contributed by atoms with E-state index in [4.69, 9.17) is 9.15 Å². The van der Waals surface area contributed by atoms with Crippen LogP contribution in [0.1, 0.15) is 28.4 Å². The van der Waals surface area contributed by atoms with Gasteiger partial charge in [0.2, 0.25) is 0 Å². The van der Waals surface area contributed by atoms with Crippen molar-refractivity contribution >= 4 is 16.9 Å². The molecule has 0 aliphatic heterocycles. The average Bonchev–Trinajstić information content (AvgIpc) is 2.55. The Hall–Kier alpha value is -2.88. The zero-order chi connectivity index (χ0) is 16.4. The molecule has 1 heterocycles. The summed E-state index contributed by atoms with van der Waals surface area (Å²) < 4.78 is 10.7. The first kappa shape index (κ1) is 15.0. The minimum absolute atomic E-state index is 0.417. The molecule has 4 heteroatoms. The number of carbonyl (C=O) groups is 1. The van der Waals surface area contributed by atoms with Gasteiger partial charge in [-0.1, -0.05) is 25.1 Å². The Labute approximate surface area is 133 Å². The fourth-order valence-electron chi connectivity index (χ4n) is 2.50. The van der Waals surface area contributed by atoms with Crippen LogP contribution in [0.25, 0.3) is 11.0 Å².